The van der Waals surface area contributed by atoms with E-state index >= 15 is 0 Å². The van der Waals surface area contributed by atoms with Crippen molar-refractivity contribution < 1.29 is 13.2 Å². The standard InChI is InChI=1S/C13H24F3N/c1-2-3-4-5-12(17)10-6-8-11(9-7-10)13(14,15)16/h10-12H,2-9,17H2,1H3. The van der Waals surface area contributed by atoms with E-state index in [-0.39, 0.29) is 18.9 Å². The number of hydrogen-bond acceptors (Lipinski definition) is 1. The van der Waals surface area contributed by atoms with Gasteiger partial charge in [-0.3, -0.25) is 0 Å². The van der Waals surface area contributed by atoms with Crippen molar-refractivity contribution in [1.29, 1.82) is 0 Å². The van der Waals surface area contributed by atoms with Gasteiger partial charge in [0, 0.05) is 6.04 Å². The van der Waals surface area contributed by atoms with Crippen LogP contribution in [0.3, 0.4) is 0 Å². The minimum Gasteiger partial charge on any atom is -0.327 e. The molecule has 0 saturated heterocycles. The zero-order valence-electron chi connectivity index (χ0n) is 10.6. The Morgan fingerprint density at radius 3 is 2.18 bits per heavy atom. The number of rotatable bonds is 5. The molecule has 1 atom stereocenters. The number of halogens is 3. The van der Waals surface area contributed by atoms with Crippen LogP contribution in [0.1, 0.15) is 58.3 Å². The van der Waals surface area contributed by atoms with E-state index in [2.05, 4.69) is 6.92 Å². The van der Waals surface area contributed by atoms with Crippen LogP contribution in [0.25, 0.3) is 0 Å². The molecule has 2 N–H and O–H groups in total. The molecule has 1 aliphatic rings. The van der Waals surface area contributed by atoms with Gasteiger partial charge >= 0.3 is 6.18 Å². The highest BCUT2D eigenvalue weighted by Gasteiger charge is 2.41. The molecule has 0 radical (unpaired) electrons. The van der Waals surface area contributed by atoms with Crippen LogP contribution < -0.4 is 5.73 Å². The largest absolute Gasteiger partial charge is 0.391 e. The van der Waals surface area contributed by atoms with Crippen LogP contribution in [-0.2, 0) is 0 Å². The number of alkyl halides is 3. The lowest BCUT2D eigenvalue weighted by Crippen LogP contribution is -2.36. The molecule has 1 aliphatic carbocycles. The van der Waals surface area contributed by atoms with Crippen LogP contribution in [-0.4, -0.2) is 12.2 Å². The van der Waals surface area contributed by atoms with E-state index in [1.807, 2.05) is 0 Å². The lowest BCUT2D eigenvalue weighted by Gasteiger charge is -2.33. The van der Waals surface area contributed by atoms with Gasteiger partial charge in [0.25, 0.3) is 0 Å². The third-order valence-electron chi connectivity index (χ3n) is 3.98. The topological polar surface area (TPSA) is 26.0 Å². The molecular weight excluding hydrogens is 227 g/mol. The second kappa shape index (κ2) is 6.62. The molecule has 1 rings (SSSR count). The van der Waals surface area contributed by atoms with Crippen LogP contribution in [0, 0.1) is 11.8 Å². The molecule has 0 amide bonds. The van der Waals surface area contributed by atoms with Crippen molar-refractivity contribution in [3.8, 4) is 0 Å². The Kier molecular flexibility index (Phi) is 5.77. The maximum absolute atomic E-state index is 12.5. The zero-order valence-corrected chi connectivity index (χ0v) is 10.6. The Bertz CT molecular complexity index is 207. The summed E-state index contributed by atoms with van der Waals surface area (Å²) in [6, 6.07) is 0.107. The van der Waals surface area contributed by atoms with Gasteiger partial charge in [0.2, 0.25) is 0 Å². The summed E-state index contributed by atoms with van der Waals surface area (Å²) in [5.74, 6) is -0.771. The molecule has 0 heterocycles. The number of hydrogen-bond donors (Lipinski definition) is 1. The fourth-order valence-corrected chi connectivity index (χ4v) is 2.74. The summed E-state index contributed by atoms with van der Waals surface area (Å²) in [7, 11) is 0. The Morgan fingerprint density at radius 2 is 1.71 bits per heavy atom. The molecule has 0 aliphatic heterocycles. The monoisotopic (exact) mass is 251 g/mol. The van der Waals surface area contributed by atoms with Crippen molar-refractivity contribution in [1.82, 2.24) is 0 Å². The maximum Gasteiger partial charge on any atom is 0.391 e. The summed E-state index contributed by atoms with van der Waals surface area (Å²) in [5, 5.41) is 0. The third kappa shape index (κ3) is 4.86. The van der Waals surface area contributed by atoms with Crippen LogP contribution in [0.4, 0.5) is 13.2 Å². The SMILES string of the molecule is CCCCCC(N)C1CCC(C(F)(F)F)CC1. The fraction of sp³-hybridized carbons (Fsp3) is 1.00. The summed E-state index contributed by atoms with van der Waals surface area (Å²) in [4.78, 5) is 0. The molecular formula is C13H24F3N. The van der Waals surface area contributed by atoms with Gasteiger partial charge in [-0.05, 0) is 38.0 Å². The van der Waals surface area contributed by atoms with E-state index in [0.717, 1.165) is 19.3 Å². The first-order valence-corrected chi connectivity index (χ1v) is 6.77. The Labute approximate surface area is 102 Å². The third-order valence-corrected chi connectivity index (χ3v) is 3.98. The van der Waals surface area contributed by atoms with E-state index in [1.54, 1.807) is 0 Å². The predicted octanol–water partition coefficient (Wildman–Crippen LogP) is 4.26. The molecule has 1 unspecified atom stereocenters. The summed E-state index contributed by atoms with van der Waals surface area (Å²) >= 11 is 0. The second-order valence-electron chi connectivity index (χ2n) is 5.31. The maximum atomic E-state index is 12.5. The van der Waals surface area contributed by atoms with E-state index in [1.165, 1.54) is 6.42 Å². The molecule has 4 heteroatoms. The molecule has 1 nitrogen and oxygen atoms in total. The van der Waals surface area contributed by atoms with E-state index < -0.39 is 12.1 Å². The lowest BCUT2D eigenvalue weighted by molar-refractivity contribution is -0.184. The van der Waals surface area contributed by atoms with Crippen molar-refractivity contribution in [2.45, 2.75) is 70.5 Å². The van der Waals surface area contributed by atoms with Crippen molar-refractivity contribution in [3.63, 3.8) is 0 Å². The molecule has 102 valence electrons. The number of unbranched alkanes of at least 4 members (excludes halogenated alkanes) is 2. The van der Waals surface area contributed by atoms with Crippen LogP contribution in [0.15, 0.2) is 0 Å². The highest BCUT2D eigenvalue weighted by Crippen LogP contribution is 2.40. The average Bonchev–Trinajstić information content (AvgIpc) is 2.28. The fourth-order valence-electron chi connectivity index (χ4n) is 2.74. The van der Waals surface area contributed by atoms with E-state index in [4.69, 9.17) is 5.73 Å². The average molecular weight is 251 g/mol. The first kappa shape index (κ1) is 14.8. The molecule has 17 heavy (non-hydrogen) atoms. The highest BCUT2D eigenvalue weighted by molar-refractivity contribution is 4.82. The van der Waals surface area contributed by atoms with Gasteiger partial charge < -0.3 is 5.73 Å². The summed E-state index contributed by atoms with van der Waals surface area (Å²) in [5.41, 5.74) is 6.06. The highest BCUT2D eigenvalue weighted by atomic mass is 19.4. The Hall–Kier alpha value is -0.250. The van der Waals surface area contributed by atoms with Gasteiger partial charge in [-0.25, -0.2) is 0 Å². The first-order valence-electron chi connectivity index (χ1n) is 6.77. The minimum absolute atomic E-state index is 0.107. The quantitative estimate of drug-likeness (QED) is 0.726. The Balaban J connectivity index is 2.26. The Morgan fingerprint density at radius 1 is 1.12 bits per heavy atom. The van der Waals surface area contributed by atoms with Gasteiger partial charge in [-0.1, -0.05) is 26.2 Å². The van der Waals surface area contributed by atoms with E-state index in [9.17, 15) is 13.2 Å². The summed E-state index contributed by atoms with van der Waals surface area (Å²) in [6.45, 7) is 2.14. The van der Waals surface area contributed by atoms with Gasteiger partial charge in [0.05, 0.1) is 5.92 Å². The van der Waals surface area contributed by atoms with Crippen molar-refractivity contribution in [2.24, 2.45) is 17.6 Å². The predicted molar refractivity (Wildman–Crippen MR) is 63.6 cm³/mol. The summed E-state index contributed by atoms with van der Waals surface area (Å²) < 4.78 is 37.5. The zero-order chi connectivity index (χ0) is 12.9. The smallest absolute Gasteiger partial charge is 0.327 e. The minimum atomic E-state index is -4.00. The van der Waals surface area contributed by atoms with Crippen molar-refractivity contribution >= 4 is 0 Å². The molecule has 1 saturated carbocycles. The molecule has 0 aromatic carbocycles. The van der Waals surface area contributed by atoms with Crippen molar-refractivity contribution in [2.75, 3.05) is 0 Å². The molecule has 0 bridgehead atoms. The van der Waals surface area contributed by atoms with Crippen LogP contribution >= 0.6 is 0 Å². The lowest BCUT2D eigenvalue weighted by atomic mass is 9.77. The van der Waals surface area contributed by atoms with Gasteiger partial charge in [0.15, 0.2) is 0 Å². The van der Waals surface area contributed by atoms with Crippen LogP contribution in [0.2, 0.25) is 0 Å². The van der Waals surface area contributed by atoms with Gasteiger partial charge in [-0.2, -0.15) is 13.2 Å². The summed E-state index contributed by atoms with van der Waals surface area (Å²) in [6.07, 6.45) is 2.25. The number of nitrogens with two attached hydrogens (primary N) is 1. The molecule has 0 spiro atoms. The van der Waals surface area contributed by atoms with Crippen molar-refractivity contribution in [3.05, 3.63) is 0 Å². The second-order valence-corrected chi connectivity index (χ2v) is 5.31. The van der Waals surface area contributed by atoms with Crippen LogP contribution in [0.5, 0.6) is 0 Å². The van der Waals surface area contributed by atoms with E-state index in [0.29, 0.717) is 18.8 Å². The molecule has 1 fully saturated rings. The first-order chi connectivity index (χ1) is 7.95. The molecule has 0 aromatic heterocycles. The van der Waals surface area contributed by atoms with Gasteiger partial charge in [-0.15, -0.1) is 0 Å². The van der Waals surface area contributed by atoms with Gasteiger partial charge in [0.1, 0.15) is 0 Å². The normalized spacial score (nSPS) is 28.1. The molecule has 0 aromatic rings.